The minimum Gasteiger partial charge on any atom is -0.491 e. The summed E-state index contributed by atoms with van der Waals surface area (Å²) >= 11 is 5.20. The highest BCUT2D eigenvalue weighted by Gasteiger charge is 2.07. The molecule has 0 aliphatic carbocycles. The van der Waals surface area contributed by atoms with E-state index in [2.05, 4.69) is 25.6 Å². The van der Waals surface area contributed by atoms with E-state index in [1.807, 2.05) is 57.2 Å². The molecule has 3 rings (SSSR count). The molecule has 2 aromatic heterocycles. The van der Waals surface area contributed by atoms with Crippen LogP contribution in [0, 0.1) is 0 Å². The highest BCUT2D eigenvalue weighted by molar-refractivity contribution is 7.80. The summed E-state index contributed by atoms with van der Waals surface area (Å²) in [5, 5.41) is 6.61. The van der Waals surface area contributed by atoms with E-state index in [1.165, 1.54) is 0 Å². The lowest BCUT2D eigenvalue weighted by Gasteiger charge is -2.11. The average Bonchev–Trinajstić information content (AvgIpc) is 2.61. The minimum atomic E-state index is 0.115. The molecule has 134 valence electrons. The zero-order chi connectivity index (χ0) is 18.5. The summed E-state index contributed by atoms with van der Waals surface area (Å²) in [5.74, 6) is 1.44. The first kappa shape index (κ1) is 18.0. The Labute approximate surface area is 158 Å². The molecule has 0 spiro atoms. The number of fused-ring (bicyclic) bond motifs is 1. The van der Waals surface area contributed by atoms with Gasteiger partial charge in [-0.15, -0.1) is 0 Å². The normalized spacial score (nSPS) is 10.8. The Morgan fingerprint density at radius 1 is 1.19 bits per heavy atom. The maximum absolute atomic E-state index is 5.75. The lowest BCUT2D eigenvalue weighted by atomic mass is 10.1. The van der Waals surface area contributed by atoms with Gasteiger partial charge in [0.1, 0.15) is 17.1 Å². The van der Waals surface area contributed by atoms with Crippen LogP contribution in [0.25, 0.3) is 22.4 Å². The second kappa shape index (κ2) is 8.05. The van der Waals surface area contributed by atoms with Gasteiger partial charge >= 0.3 is 0 Å². The van der Waals surface area contributed by atoms with Crippen LogP contribution in [0.2, 0.25) is 0 Å². The topological polar surface area (TPSA) is 72.0 Å². The SMILES string of the molecule is CCNC(=S)Nc1ccc2ncc(-c3cccc(OC(C)C)c3)nc2n1. The Morgan fingerprint density at radius 2 is 2.04 bits per heavy atom. The van der Waals surface area contributed by atoms with Gasteiger partial charge in [0.15, 0.2) is 10.8 Å². The van der Waals surface area contributed by atoms with Crippen molar-refractivity contribution in [1.29, 1.82) is 0 Å². The molecule has 0 saturated heterocycles. The molecule has 0 unspecified atom stereocenters. The van der Waals surface area contributed by atoms with E-state index >= 15 is 0 Å². The molecule has 2 heterocycles. The standard InChI is InChI=1S/C19H21N5OS/c1-4-20-19(26)24-17-9-8-15-18(23-17)22-16(11-21-15)13-6-5-7-14(10-13)25-12(2)3/h5-12H,4H2,1-3H3,(H2,20,22,23,24,26). The summed E-state index contributed by atoms with van der Waals surface area (Å²) in [6, 6.07) is 11.5. The van der Waals surface area contributed by atoms with Gasteiger partial charge in [0.25, 0.3) is 0 Å². The first-order valence-corrected chi connectivity index (χ1v) is 8.91. The fraction of sp³-hybridized carbons (Fsp3) is 0.263. The molecule has 0 amide bonds. The first-order valence-electron chi connectivity index (χ1n) is 8.51. The van der Waals surface area contributed by atoms with Gasteiger partial charge in [-0.25, -0.2) is 9.97 Å². The van der Waals surface area contributed by atoms with Gasteiger partial charge in [0.2, 0.25) is 0 Å². The van der Waals surface area contributed by atoms with Crippen LogP contribution in [0.1, 0.15) is 20.8 Å². The third-order valence-electron chi connectivity index (χ3n) is 3.49. The number of rotatable bonds is 5. The Morgan fingerprint density at radius 3 is 2.81 bits per heavy atom. The number of benzene rings is 1. The van der Waals surface area contributed by atoms with Crippen LogP contribution in [-0.2, 0) is 0 Å². The average molecular weight is 367 g/mol. The molecule has 6 nitrogen and oxygen atoms in total. The monoisotopic (exact) mass is 367 g/mol. The lowest BCUT2D eigenvalue weighted by molar-refractivity contribution is 0.242. The van der Waals surface area contributed by atoms with Crippen molar-refractivity contribution in [3.8, 4) is 17.0 Å². The minimum absolute atomic E-state index is 0.115. The Hall–Kier alpha value is -2.80. The van der Waals surface area contributed by atoms with Crippen LogP contribution < -0.4 is 15.4 Å². The molecule has 26 heavy (non-hydrogen) atoms. The van der Waals surface area contributed by atoms with Crippen molar-refractivity contribution in [2.24, 2.45) is 0 Å². The molecule has 0 aliphatic rings. The zero-order valence-corrected chi connectivity index (χ0v) is 15.8. The predicted molar refractivity (Wildman–Crippen MR) is 108 cm³/mol. The molecule has 1 aromatic carbocycles. The molecule has 3 aromatic rings. The molecule has 7 heteroatoms. The molecule has 0 radical (unpaired) electrons. The van der Waals surface area contributed by atoms with E-state index in [0.717, 1.165) is 29.1 Å². The molecule has 0 atom stereocenters. The van der Waals surface area contributed by atoms with Gasteiger partial charge in [-0.2, -0.15) is 0 Å². The summed E-state index contributed by atoms with van der Waals surface area (Å²) < 4.78 is 5.75. The fourth-order valence-electron chi connectivity index (χ4n) is 2.43. The van der Waals surface area contributed by atoms with Gasteiger partial charge in [0.05, 0.1) is 18.0 Å². The van der Waals surface area contributed by atoms with Crippen LogP contribution in [0.3, 0.4) is 0 Å². The molecule has 0 saturated carbocycles. The number of thiocarbonyl (C=S) groups is 1. The van der Waals surface area contributed by atoms with E-state index in [1.54, 1.807) is 6.20 Å². The second-order valence-electron chi connectivity index (χ2n) is 5.97. The summed E-state index contributed by atoms with van der Waals surface area (Å²) in [6.07, 6.45) is 1.86. The van der Waals surface area contributed by atoms with Crippen LogP contribution in [0.15, 0.2) is 42.6 Å². The van der Waals surface area contributed by atoms with E-state index in [9.17, 15) is 0 Å². The number of anilines is 1. The number of pyridine rings is 1. The molecule has 0 aliphatic heterocycles. The number of nitrogens with one attached hydrogen (secondary N) is 2. The maximum atomic E-state index is 5.75. The van der Waals surface area contributed by atoms with Crippen molar-refractivity contribution in [1.82, 2.24) is 20.3 Å². The lowest BCUT2D eigenvalue weighted by Crippen LogP contribution is -2.28. The highest BCUT2D eigenvalue weighted by Crippen LogP contribution is 2.24. The summed E-state index contributed by atoms with van der Waals surface area (Å²) in [6.45, 7) is 6.73. The third kappa shape index (κ3) is 4.43. The van der Waals surface area contributed by atoms with Crippen molar-refractivity contribution < 1.29 is 4.74 Å². The van der Waals surface area contributed by atoms with E-state index in [4.69, 9.17) is 17.0 Å². The van der Waals surface area contributed by atoms with Gasteiger partial charge in [-0.3, -0.25) is 4.98 Å². The van der Waals surface area contributed by atoms with Crippen LogP contribution in [0.4, 0.5) is 5.82 Å². The third-order valence-corrected chi connectivity index (χ3v) is 3.73. The summed E-state index contributed by atoms with van der Waals surface area (Å²) in [4.78, 5) is 13.6. The van der Waals surface area contributed by atoms with Gasteiger partial charge in [-0.1, -0.05) is 12.1 Å². The molecule has 0 bridgehead atoms. The molecular formula is C19H21N5OS. The van der Waals surface area contributed by atoms with Gasteiger partial charge in [-0.05, 0) is 57.3 Å². The van der Waals surface area contributed by atoms with Crippen LogP contribution >= 0.6 is 12.2 Å². The largest absolute Gasteiger partial charge is 0.491 e. The first-order chi connectivity index (χ1) is 12.5. The van der Waals surface area contributed by atoms with E-state index < -0.39 is 0 Å². The Balaban J connectivity index is 1.91. The Bertz CT molecular complexity index is 929. The fourth-order valence-corrected chi connectivity index (χ4v) is 2.68. The maximum Gasteiger partial charge on any atom is 0.180 e. The summed E-state index contributed by atoms with van der Waals surface area (Å²) in [5.41, 5.74) is 2.96. The number of aromatic nitrogens is 3. The molecule has 0 fully saturated rings. The second-order valence-corrected chi connectivity index (χ2v) is 6.38. The van der Waals surface area contributed by atoms with E-state index in [-0.39, 0.29) is 6.10 Å². The van der Waals surface area contributed by atoms with Crippen molar-refractivity contribution in [3.05, 3.63) is 42.6 Å². The van der Waals surface area contributed by atoms with Crippen molar-refractivity contribution >= 4 is 34.3 Å². The molecular weight excluding hydrogens is 346 g/mol. The molecule has 2 N–H and O–H groups in total. The van der Waals surface area contributed by atoms with Gasteiger partial charge in [0, 0.05) is 12.1 Å². The predicted octanol–water partition coefficient (Wildman–Crippen LogP) is 3.79. The van der Waals surface area contributed by atoms with Crippen molar-refractivity contribution in [3.63, 3.8) is 0 Å². The van der Waals surface area contributed by atoms with Crippen LogP contribution in [0.5, 0.6) is 5.75 Å². The summed E-state index contributed by atoms with van der Waals surface area (Å²) in [7, 11) is 0. The van der Waals surface area contributed by atoms with Crippen molar-refractivity contribution in [2.75, 3.05) is 11.9 Å². The van der Waals surface area contributed by atoms with E-state index in [0.29, 0.717) is 16.6 Å². The highest BCUT2D eigenvalue weighted by atomic mass is 32.1. The quantitative estimate of drug-likeness (QED) is 0.665. The zero-order valence-electron chi connectivity index (χ0n) is 15.0. The van der Waals surface area contributed by atoms with Gasteiger partial charge < -0.3 is 15.4 Å². The number of nitrogens with zero attached hydrogens (tertiary/aromatic N) is 3. The van der Waals surface area contributed by atoms with Crippen molar-refractivity contribution in [2.45, 2.75) is 26.9 Å². The number of ether oxygens (including phenoxy) is 1. The number of hydrogen-bond donors (Lipinski definition) is 2. The van der Waals surface area contributed by atoms with Crippen LogP contribution in [-0.4, -0.2) is 32.7 Å². The Kier molecular flexibility index (Phi) is 5.58. The number of hydrogen-bond acceptors (Lipinski definition) is 5. The smallest absolute Gasteiger partial charge is 0.180 e.